The van der Waals surface area contributed by atoms with Crippen LogP contribution in [0.2, 0.25) is 0 Å². The summed E-state index contributed by atoms with van der Waals surface area (Å²) in [6.07, 6.45) is 6.64. The van der Waals surface area contributed by atoms with Gasteiger partial charge in [-0.25, -0.2) is 4.79 Å². The number of ether oxygens (including phenoxy) is 1. The lowest BCUT2D eigenvalue weighted by Crippen LogP contribution is -2.00. The van der Waals surface area contributed by atoms with Gasteiger partial charge in [0.05, 0.1) is 7.11 Å². The quantitative estimate of drug-likeness (QED) is 0.592. The highest BCUT2D eigenvalue weighted by Crippen LogP contribution is 2.07. The molecule has 1 rings (SSSR count). The van der Waals surface area contributed by atoms with Crippen molar-refractivity contribution >= 4 is 24.7 Å². The first-order valence-electron chi connectivity index (χ1n) is 4.32. The molecule has 0 fully saturated rings. The van der Waals surface area contributed by atoms with E-state index in [2.05, 4.69) is 22.3 Å². The molecule has 76 valence electrons. The summed E-state index contributed by atoms with van der Waals surface area (Å²) in [5.41, 5.74) is 1.44. The fourth-order valence-electron chi connectivity index (χ4n) is 1.03. The fourth-order valence-corrected chi connectivity index (χ4v) is 1.18. The highest BCUT2D eigenvalue weighted by molar-refractivity contribution is 7.80. The number of aromatic amines is 1. The third kappa shape index (κ3) is 2.96. The second kappa shape index (κ2) is 5.54. The summed E-state index contributed by atoms with van der Waals surface area (Å²) >= 11 is 4.09. The van der Waals surface area contributed by atoms with Gasteiger partial charge in [0.15, 0.2) is 0 Å². The monoisotopic (exact) mass is 211 g/mol. The molecule has 0 aliphatic carbocycles. The highest BCUT2D eigenvalue weighted by atomic mass is 32.1. The molecule has 1 N–H and O–H groups in total. The van der Waals surface area contributed by atoms with Crippen LogP contribution in [0.15, 0.2) is 18.3 Å². The van der Waals surface area contributed by atoms with Gasteiger partial charge in [0.2, 0.25) is 0 Å². The van der Waals surface area contributed by atoms with Crippen molar-refractivity contribution < 1.29 is 9.53 Å². The molecule has 0 amide bonds. The number of rotatable bonds is 4. The van der Waals surface area contributed by atoms with Crippen LogP contribution in [-0.2, 0) is 4.74 Å². The Kier molecular flexibility index (Phi) is 4.32. The summed E-state index contributed by atoms with van der Waals surface area (Å²) in [5, 5.41) is 0. The van der Waals surface area contributed by atoms with Crippen LogP contribution in [-0.4, -0.2) is 23.8 Å². The Labute approximate surface area is 88.6 Å². The predicted molar refractivity (Wildman–Crippen MR) is 59.6 cm³/mol. The molecular formula is C10H13NO2S. The minimum absolute atomic E-state index is 0.348. The zero-order valence-electron chi connectivity index (χ0n) is 7.99. The summed E-state index contributed by atoms with van der Waals surface area (Å²) in [4.78, 5) is 13.9. The first-order valence-corrected chi connectivity index (χ1v) is 4.95. The number of H-pyrrole nitrogens is 1. The van der Waals surface area contributed by atoms with E-state index >= 15 is 0 Å². The molecule has 0 saturated heterocycles. The molecule has 1 heterocycles. The van der Waals surface area contributed by atoms with Crippen molar-refractivity contribution in [3.63, 3.8) is 0 Å². The van der Waals surface area contributed by atoms with Gasteiger partial charge in [0, 0.05) is 6.20 Å². The Morgan fingerprint density at radius 1 is 1.71 bits per heavy atom. The molecule has 14 heavy (non-hydrogen) atoms. The molecule has 0 radical (unpaired) electrons. The number of esters is 1. The van der Waals surface area contributed by atoms with Crippen LogP contribution in [0, 0.1) is 0 Å². The Balaban J connectivity index is 2.63. The van der Waals surface area contributed by atoms with E-state index in [1.54, 1.807) is 12.3 Å². The van der Waals surface area contributed by atoms with Crippen LogP contribution in [0.4, 0.5) is 0 Å². The average molecular weight is 211 g/mol. The molecule has 4 heteroatoms. The van der Waals surface area contributed by atoms with E-state index in [-0.39, 0.29) is 5.97 Å². The lowest BCUT2D eigenvalue weighted by molar-refractivity contribution is 0.0595. The molecule has 0 saturated carbocycles. The lowest BCUT2D eigenvalue weighted by Gasteiger charge is -1.91. The normalized spacial score (nSPS) is 10.7. The fraction of sp³-hybridized carbons (Fsp3) is 0.300. The van der Waals surface area contributed by atoms with E-state index in [1.165, 1.54) is 7.11 Å². The van der Waals surface area contributed by atoms with Gasteiger partial charge < -0.3 is 9.72 Å². The van der Waals surface area contributed by atoms with Gasteiger partial charge in [-0.05, 0) is 23.8 Å². The van der Waals surface area contributed by atoms with E-state index < -0.39 is 0 Å². The second-order valence-electron chi connectivity index (χ2n) is 2.75. The first-order chi connectivity index (χ1) is 6.77. The summed E-state index contributed by atoms with van der Waals surface area (Å²) in [6, 6.07) is 1.75. The van der Waals surface area contributed by atoms with E-state index in [4.69, 9.17) is 0 Å². The molecule has 0 aliphatic heterocycles. The van der Waals surface area contributed by atoms with Crippen molar-refractivity contribution in [3.8, 4) is 0 Å². The van der Waals surface area contributed by atoms with Gasteiger partial charge in [-0.1, -0.05) is 12.2 Å². The Morgan fingerprint density at radius 2 is 2.50 bits per heavy atom. The van der Waals surface area contributed by atoms with Crippen LogP contribution in [0.3, 0.4) is 0 Å². The Bertz CT molecular complexity index is 331. The average Bonchev–Trinajstić information content (AvgIpc) is 2.66. The molecule has 0 aliphatic rings. The maximum atomic E-state index is 11.1. The second-order valence-corrected chi connectivity index (χ2v) is 3.20. The van der Waals surface area contributed by atoms with Gasteiger partial charge in [0.1, 0.15) is 5.69 Å². The minimum atomic E-state index is -0.348. The number of carbonyl (C=O) groups is 1. The molecule has 0 aromatic carbocycles. The van der Waals surface area contributed by atoms with Gasteiger partial charge in [-0.3, -0.25) is 0 Å². The number of allylic oxidation sites excluding steroid dienone is 1. The summed E-state index contributed by atoms with van der Waals surface area (Å²) in [7, 11) is 1.36. The number of hydrogen-bond donors (Lipinski definition) is 2. The third-order valence-corrected chi connectivity index (χ3v) is 1.97. The number of nitrogens with one attached hydrogen (secondary N) is 1. The third-order valence-electron chi connectivity index (χ3n) is 1.72. The number of hydrogen-bond acceptors (Lipinski definition) is 3. The van der Waals surface area contributed by atoms with Crippen molar-refractivity contribution in [1.82, 2.24) is 4.98 Å². The van der Waals surface area contributed by atoms with Crippen LogP contribution < -0.4 is 0 Å². The number of carbonyl (C=O) groups excluding carboxylic acids is 1. The van der Waals surface area contributed by atoms with Gasteiger partial charge in [-0.15, -0.1) is 0 Å². The van der Waals surface area contributed by atoms with Crippen molar-refractivity contribution in [2.75, 3.05) is 12.9 Å². The molecule has 1 aromatic rings. The van der Waals surface area contributed by atoms with Crippen LogP contribution >= 0.6 is 12.6 Å². The van der Waals surface area contributed by atoms with Crippen molar-refractivity contribution in [3.05, 3.63) is 29.6 Å². The zero-order valence-corrected chi connectivity index (χ0v) is 8.88. The standard InChI is InChI=1S/C10H13NO2S/c1-13-10(12)9-6-8(7-11-9)4-2-3-5-14/h2,4,6-7,11,14H,3,5H2,1H3. The molecule has 0 unspecified atom stereocenters. The highest BCUT2D eigenvalue weighted by Gasteiger charge is 2.05. The largest absolute Gasteiger partial charge is 0.464 e. The van der Waals surface area contributed by atoms with E-state index in [0.717, 1.165) is 17.7 Å². The van der Waals surface area contributed by atoms with Gasteiger partial charge >= 0.3 is 5.97 Å². The summed E-state index contributed by atoms with van der Waals surface area (Å²) in [6.45, 7) is 0. The maximum Gasteiger partial charge on any atom is 0.354 e. The topological polar surface area (TPSA) is 42.1 Å². The lowest BCUT2D eigenvalue weighted by atomic mass is 10.2. The minimum Gasteiger partial charge on any atom is -0.464 e. The van der Waals surface area contributed by atoms with Gasteiger partial charge in [-0.2, -0.15) is 12.6 Å². The molecule has 1 aromatic heterocycles. The van der Waals surface area contributed by atoms with Gasteiger partial charge in [0.25, 0.3) is 0 Å². The van der Waals surface area contributed by atoms with Crippen LogP contribution in [0.1, 0.15) is 22.5 Å². The molecule has 0 spiro atoms. The van der Waals surface area contributed by atoms with Crippen molar-refractivity contribution in [1.29, 1.82) is 0 Å². The molecular weight excluding hydrogens is 198 g/mol. The first kappa shape index (κ1) is 10.9. The smallest absolute Gasteiger partial charge is 0.354 e. The van der Waals surface area contributed by atoms with Crippen molar-refractivity contribution in [2.45, 2.75) is 6.42 Å². The molecule has 0 bridgehead atoms. The zero-order chi connectivity index (χ0) is 10.4. The summed E-state index contributed by atoms with van der Waals surface area (Å²) < 4.78 is 4.57. The summed E-state index contributed by atoms with van der Waals surface area (Å²) in [5.74, 6) is 0.476. The van der Waals surface area contributed by atoms with E-state index in [1.807, 2.05) is 12.2 Å². The Morgan fingerprint density at radius 3 is 3.14 bits per heavy atom. The molecule has 3 nitrogen and oxygen atoms in total. The van der Waals surface area contributed by atoms with E-state index in [0.29, 0.717) is 5.69 Å². The maximum absolute atomic E-state index is 11.1. The SMILES string of the molecule is COC(=O)c1cc(C=CCCS)c[nH]1. The van der Waals surface area contributed by atoms with Crippen molar-refractivity contribution in [2.24, 2.45) is 0 Å². The Hall–Kier alpha value is -1.16. The van der Waals surface area contributed by atoms with Crippen LogP contribution in [0.5, 0.6) is 0 Å². The van der Waals surface area contributed by atoms with E-state index in [9.17, 15) is 4.79 Å². The number of methoxy groups -OCH3 is 1. The van der Waals surface area contributed by atoms with Crippen LogP contribution in [0.25, 0.3) is 6.08 Å². The molecule has 0 atom stereocenters. The predicted octanol–water partition coefficient (Wildman–Crippen LogP) is 2.13. The number of thiol groups is 1. The number of aromatic nitrogens is 1.